The zero-order chi connectivity index (χ0) is 25.5. The van der Waals surface area contributed by atoms with Crippen molar-refractivity contribution in [1.82, 2.24) is 0 Å². The first kappa shape index (κ1) is 26.2. The van der Waals surface area contributed by atoms with Crippen LogP contribution in [0.5, 0.6) is 34.5 Å². The van der Waals surface area contributed by atoms with Crippen LogP contribution in [0.2, 0.25) is 0 Å². The monoisotopic (exact) mass is 490 g/mol. The van der Waals surface area contributed by atoms with Crippen LogP contribution in [0, 0.1) is 0 Å². The average molecular weight is 491 g/mol. The molecule has 0 amide bonds. The second-order valence-electron chi connectivity index (χ2n) is 10.8. The SMILES string of the molecule is CCCCCCOc1c2c(c(OCCCCCC)c3ccccc13)Oc1cc(C(C)(C)C)ccc1O2. The minimum absolute atomic E-state index is 0.00736. The molecular formula is C32H42O4. The van der Waals surface area contributed by atoms with E-state index in [2.05, 4.69) is 58.9 Å². The van der Waals surface area contributed by atoms with Gasteiger partial charge in [-0.15, -0.1) is 0 Å². The highest BCUT2D eigenvalue weighted by Crippen LogP contribution is 2.58. The van der Waals surface area contributed by atoms with Crippen LogP contribution in [0.25, 0.3) is 10.8 Å². The van der Waals surface area contributed by atoms with Crippen LogP contribution in [0.3, 0.4) is 0 Å². The van der Waals surface area contributed by atoms with E-state index in [1.165, 1.54) is 31.2 Å². The van der Waals surface area contributed by atoms with Gasteiger partial charge in [-0.25, -0.2) is 0 Å². The summed E-state index contributed by atoms with van der Waals surface area (Å²) in [4.78, 5) is 0. The summed E-state index contributed by atoms with van der Waals surface area (Å²) in [5.74, 6) is 4.13. The van der Waals surface area contributed by atoms with Gasteiger partial charge in [0.15, 0.2) is 23.0 Å². The summed E-state index contributed by atoms with van der Waals surface area (Å²) in [5.41, 5.74) is 1.21. The fourth-order valence-corrected chi connectivity index (χ4v) is 4.57. The minimum atomic E-state index is 0.00736. The van der Waals surface area contributed by atoms with Crippen molar-refractivity contribution in [3.8, 4) is 34.5 Å². The molecule has 3 aromatic carbocycles. The van der Waals surface area contributed by atoms with Crippen LogP contribution < -0.4 is 18.9 Å². The van der Waals surface area contributed by atoms with Gasteiger partial charge in [0.25, 0.3) is 0 Å². The second-order valence-corrected chi connectivity index (χ2v) is 10.8. The standard InChI is InChI=1S/C32H42O4/c1-6-8-10-14-20-33-28-24-16-12-13-17-25(24)29(34-21-15-11-9-7-2)31-30(28)35-26-19-18-23(32(3,4)5)22-27(26)36-31/h12-13,16-19,22H,6-11,14-15,20-21H2,1-5H3. The molecule has 0 aromatic heterocycles. The first-order valence-corrected chi connectivity index (χ1v) is 13.8. The Kier molecular flexibility index (Phi) is 8.66. The molecule has 0 saturated heterocycles. The second kappa shape index (κ2) is 11.9. The Morgan fingerprint density at radius 1 is 0.639 bits per heavy atom. The molecule has 0 radical (unpaired) electrons. The number of hydrogen-bond donors (Lipinski definition) is 0. The Labute approximate surface area is 216 Å². The highest BCUT2D eigenvalue weighted by atomic mass is 16.6. The number of benzene rings is 3. The van der Waals surface area contributed by atoms with Crippen LogP contribution in [0.4, 0.5) is 0 Å². The van der Waals surface area contributed by atoms with E-state index in [-0.39, 0.29) is 5.41 Å². The molecule has 0 bridgehead atoms. The molecule has 4 nitrogen and oxygen atoms in total. The first-order valence-electron chi connectivity index (χ1n) is 13.8. The number of fused-ring (bicyclic) bond motifs is 3. The fraction of sp³-hybridized carbons (Fsp3) is 0.500. The first-order chi connectivity index (χ1) is 17.4. The third kappa shape index (κ3) is 5.91. The summed E-state index contributed by atoms with van der Waals surface area (Å²) in [6.45, 7) is 12.3. The molecule has 0 unspecified atom stereocenters. The molecule has 36 heavy (non-hydrogen) atoms. The van der Waals surface area contributed by atoms with E-state index < -0.39 is 0 Å². The molecule has 1 aliphatic rings. The summed E-state index contributed by atoms with van der Waals surface area (Å²) in [5, 5.41) is 1.99. The van der Waals surface area contributed by atoms with E-state index in [9.17, 15) is 0 Å². The number of rotatable bonds is 12. The largest absolute Gasteiger partial charge is 0.489 e. The van der Waals surface area contributed by atoms with Gasteiger partial charge in [-0.1, -0.05) is 103 Å². The third-order valence-corrected chi connectivity index (χ3v) is 6.76. The predicted octanol–water partition coefficient (Wildman–Crippen LogP) is 9.95. The number of unbranched alkanes of at least 4 members (excludes halogenated alkanes) is 6. The predicted molar refractivity (Wildman–Crippen MR) is 149 cm³/mol. The topological polar surface area (TPSA) is 36.9 Å². The molecule has 0 atom stereocenters. The van der Waals surface area contributed by atoms with Crippen LogP contribution in [0.1, 0.15) is 91.5 Å². The highest BCUT2D eigenvalue weighted by Gasteiger charge is 2.31. The summed E-state index contributed by atoms with van der Waals surface area (Å²) in [6, 6.07) is 14.5. The Morgan fingerprint density at radius 2 is 1.17 bits per heavy atom. The summed E-state index contributed by atoms with van der Waals surface area (Å²) in [6.07, 6.45) is 9.18. The molecule has 3 aromatic rings. The van der Waals surface area contributed by atoms with Crippen LogP contribution in [0.15, 0.2) is 42.5 Å². The van der Waals surface area contributed by atoms with Gasteiger partial charge in [0.2, 0.25) is 11.5 Å². The van der Waals surface area contributed by atoms with Crippen LogP contribution in [-0.2, 0) is 5.41 Å². The molecule has 1 aliphatic heterocycles. The van der Waals surface area contributed by atoms with Gasteiger partial charge in [-0.3, -0.25) is 0 Å². The van der Waals surface area contributed by atoms with E-state index >= 15 is 0 Å². The molecule has 0 spiro atoms. The average Bonchev–Trinajstić information content (AvgIpc) is 2.87. The molecule has 0 fully saturated rings. The van der Waals surface area contributed by atoms with Crippen LogP contribution in [-0.4, -0.2) is 13.2 Å². The Hall–Kier alpha value is -2.88. The van der Waals surface area contributed by atoms with Crippen molar-refractivity contribution in [2.75, 3.05) is 13.2 Å². The fourth-order valence-electron chi connectivity index (χ4n) is 4.57. The molecule has 194 valence electrons. The molecule has 1 heterocycles. The highest BCUT2D eigenvalue weighted by molar-refractivity contribution is 5.99. The molecule has 0 N–H and O–H groups in total. The molecule has 0 saturated carbocycles. The van der Waals surface area contributed by atoms with Gasteiger partial charge in [0.05, 0.1) is 13.2 Å². The van der Waals surface area contributed by atoms with E-state index in [1.807, 2.05) is 18.2 Å². The summed E-state index contributed by atoms with van der Waals surface area (Å²) in [7, 11) is 0. The summed E-state index contributed by atoms with van der Waals surface area (Å²) < 4.78 is 25.9. The lowest BCUT2D eigenvalue weighted by Crippen LogP contribution is -2.12. The lowest BCUT2D eigenvalue weighted by atomic mass is 9.87. The Morgan fingerprint density at radius 3 is 1.67 bits per heavy atom. The van der Waals surface area contributed by atoms with Gasteiger partial charge >= 0.3 is 0 Å². The van der Waals surface area contributed by atoms with Crippen LogP contribution >= 0.6 is 0 Å². The maximum absolute atomic E-state index is 6.59. The Bertz CT molecular complexity index is 1160. The van der Waals surface area contributed by atoms with E-state index in [4.69, 9.17) is 18.9 Å². The van der Waals surface area contributed by atoms with E-state index in [0.29, 0.717) is 30.5 Å². The minimum Gasteiger partial charge on any atom is -0.489 e. The van der Waals surface area contributed by atoms with Crippen molar-refractivity contribution in [2.24, 2.45) is 0 Å². The maximum Gasteiger partial charge on any atom is 0.216 e. The molecular weight excluding hydrogens is 448 g/mol. The molecule has 4 heteroatoms. The van der Waals surface area contributed by atoms with Gasteiger partial charge in [0, 0.05) is 10.8 Å². The van der Waals surface area contributed by atoms with Gasteiger partial charge in [0.1, 0.15) is 0 Å². The van der Waals surface area contributed by atoms with E-state index in [0.717, 1.165) is 53.7 Å². The lowest BCUT2D eigenvalue weighted by molar-refractivity contribution is 0.264. The normalized spacial score (nSPS) is 12.5. The van der Waals surface area contributed by atoms with Crippen molar-refractivity contribution in [3.63, 3.8) is 0 Å². The number of ether oxygens (including phenoxy) is 4. The van der Waals surface area contributed by atoms with Crippen molar-refractivity contribution in [1.29, 1.82) is 0 Å². The Balaban J connectivity index is 1.74. The van der Waals surface area contributed by atoms with Gasteiger partial charge in [-0.2, -0.15) is 0 Å². The zero-order valence-corrected chi connectivity index (χ0v) is 22.7. The van der Waals surface area contributed by atoms with Gasteiger partial charge < -0.3 is 18.9 Å². The van der Waals surface area contributed by atoms with Crippen molar-refractivity contribution >= 4 is 10.8 Å². The van der Waals surface area contributed by atoms with Crippen molar-refractivity contribution < 1.29 is 18.9 Å². The lowest BCUT2D eigenvalue weighted by Gasteiger charge is -2.28. The smallest absolute Gasteiger partial charge is 0.216 e. The van der Waals surface area contributed by atoms with E-state index in [1.54, 1.807) is 0 Å². The third-order valence-electron chi connectivity index (χ3n) is 6.76. The van der Waals surface area contributed by atoms with Crippen molar-refractivity contribution in [2.45, 2.75) is 91.4 Å². The molecule has 4 rings (SSSR count). The zero-order valence-electron chi connectivity index (χ0n) is 22.7. The van der Waals surface area contributed by atoms with Crippen molar-refractivity contribution in [3.05, 3.63) is 48.0 Å². The quantitative estimate of drug-likeness (QED) is 0.185. The molecule has 0 aliphatic carbocycles. The van der Waals surface area contributed by atoms with Gasteiger partial charge in [-0.05, 0) is 36.0 Å². The maximum atomic E-state index is 6.59. The summed E-state index contributed by atoms with van der Waals surface area (Å²) >= 11 is 0. The number of hydrogen-bond acceptors (Lipinski definition) is 4.